The van der Waals surface area contributed by atoms with Gasteiger partial charge >= 0.3 is 0 Å². The average molecular weight is 349 g/mol. The van der Waals surface area contributed by atoms with Crippen LogP contribution in [0.5, 0.6) is 0 Å². The van der Waals surface area contributed by atoms with Crippen molar-refractivity contribution < 1.29 is 4.79 Å². The number of rotatable bonds is 4. The number of amidine groups is 2. The van der Waals surface area contributed by atoms with Crippen LogP contribution in [0.1, 0.15) is 21.5 Å². The average Bonchev–Trinajstić information content (AvgIpc) is 2.99. The first kappa shape index (κ1) is 16.6. The van der Waals surface area contributed by atoms with Crippen LogP contribution >= 0.6 is 10.9 Å². The van der Waals surface area contributed by atoms with Gasteiger partial charge in [-0.25, -0.2) is 0 Å². The number of hydrogen-bond donors (Lipinski definition) is 2. The highest BCUT2D eigenvalue weighted by Gasteiger charge is 2.19. The molecule has 6 nitrogen and oxygen atoms in total. The van der Waals surface area contributed by atoms with Gasteiger partial charge in [-0.3, -0.25) is 14.5 Å². The number of carbonyl (C=O) groups is 1. The molecule has 0 bridgehead atoms. The minimum atomic E-state index is -0.638. The molecular weight excluding hydrogens is 334 g/mol. The highest BCUT2D eigenvalue weighted by molar-refractivity contribution is 8.12. The summed E-state index contributed by atoms with van der Waals surface area (Å²) in [6.45, 7) is 0.501. The second kappa shape index (κ2) is 7.55. The lowest BCUT2D eigenvalue weighted by Crippen LogP contribution is -2.27. The molecule has 3 rings (SSSR count). The van der Waals surface area contributed by atoms with Crippen LogP contribution in [0, 0.1) is 11.3 Å². The third-order valence-corrected chi connectivity index (χ3v) is 4.32. The van der Waals surface area contributed by atoms with Gasteiger partial charge in [0.2, 0.25) is 0 Å². The molecule has 124 valence electrons. The zero-order chi connectivity index (χ0) is 17.6. The maximum Gasteiger partial charge on any atom is 0.183 e. The predicted molar refractivity (Wildman–Crippen MR) is 103 cm³/mol. The van der Waals surface area contributed by atoms with Crippen LogP contribution in [0.3, 0.4) is 0 Å². The Balaban J connectivity index is 1.86. The Bertz CT molecular complexity index is 928. The van der Waals surface area contributed by atoms with Gasteiger partial charge in [0.25, 0.3) is 0 Å². The zero-order valence-corrected chi connectivity index (χ0v) is 14.1. The summed E-state index contributed by atoms with van der Waals surface area (Å²) in [5.74, 6) is 4.99. The van der Waals surface area contributed by atoms with Crippen LogP contribution in [0.2, 0.25) is 0 Å². The molecule has 0 aliphatic carbocycles. The van der Waals surface area contributed by atoms with Crippen LogP contribution in [-0.4, -0.2) is 23.8 Å². The van der Waals surface area contributed by atoms with Gasteiger partial charge in [-0.1, -0.05) is 42.5 Å². The molecule has 0 aromatic heterocycles. The SMILES string of the molecule is C=S1N=C(Nc2cccc(C=O)c2C#N)C(=NCc2ccccc2)N1. The molecule has 0 radical (unpaired) electrons. The zero-order valence-electron chi connectivity index (χ0n) is 13.3. The molecule has 1 aliphatic heterocycles. The Kier molecular flexibility index (Phi) is 5.02. The molecule has 1 aliphatic rings. The number of anilines is 1. The monoisotopic (exact) mass is 349 g/mol. The normalized spacial score (nSPS) is 17.5. The van der Waals surface area contributed by atoms with Crippen molar-refractivity contribution in [1.29, 1.82) is 5.26 Å². The summed E-state index contributed by atoms with van der Waals surface area (Å²) < 4.78 is 7.50. The molecule has 0 spiro atoms. The lowest BCUT2D eigenvalue weighted by molar-refractivity contribution is 0.112. The van der Waals surface area contributed by atoms with Gasteiger partial charge in [0, 0.05) is 16.4 Å². The molecule has 25 heavy (non-hydrogen) atoms. The van der Waals surface area contributed by atoms with Crippen LogP contribution in [0.15, 0.2) is 57.9 Å². The minimum Gasteiger partial charge on any atom is -0.335 e. The van der Waals surface area contributed by atoms with Gasteiger partial charge in [0.1, 0.15) is 6.07 Å². The lowest BCUT2D eigenvalue weighted by Gasteiger charge is -2.09. The lowest BCUT2D eigenvalue weighted by atomic mass is 10.1. The molecule has 0 saturated heterocycles. The second-order valence-electron chi connectivity index (χ2n) is 5.18. The van der Waals surface area contributed by atoms with E-state index < -0.39 is 10.9 Å². The van der Waals surface area contributed by atoms with Gasteiger partial charge in [-0.05, 0) is 17.5 Å². The van der Waals surface area contributed by atoms with Crippen LogP contribution in [0.25, 0.3) is 0 Å². The number of carbonyl (C=O) groups excluding carboxylic acids is 1. The Morgan fingerprint density at radius 3 is 2.80 bits per heavy atom. The summed E-state index contributed by atoms with van der Waals surface area (Å²) in [6.07, 6.45) is 0.661. The van der Waals surface area contributed by atoms with Gasteiger partial charge in [-0.15, -0.1) is 0 Å². The van der Waals surface area contributed by atoms with Gasteiger partial charge in [0.15, 0.2) is 18.0 Å². The maximum atomic E-state index is 11.1. The molecule has 7 heteroatoms. The van der Waals surface area contributed by atoms with E-state index in [0.29, 0.717) is 35.8 Å². The minimum absolute atomic E-state index is 0.276. The van der Waals surface area contributed by atoms with Crippen molar-refractivity contribution in [1.82, 2.24) is 4.72 Å². The van der Waals surface area contributed by atoms with Crippen molar-refractivity contribution in [3.05, 3.63) is 65.2 Å². The number of nitrogens with zero attached hydrogens (tertiary/aromatic N) is 3. The third kappa shape index (κ3) is 3.82. The van der Waals surface area contributed by atoms with E-state index in [1.54, 1.807) is 18.2 Å². The molecule has 0 fully saturated rings. The Labute approximate surface area is 148 Å². The number of nitrogens with one attached hydrogen (secondary N) is 2. The fourth-order valence-corrected chi connectivity index (χ4v) is 3.09. The highest BCUT2D eigenvalue weighted by atomic mass is 32.2. The molecule has 2 aromatic carbocycles. The quantitative estimate of drug-likeness (QED) is 0.656. The Morgan fingerprint density at radius 1 is 1.28 bits per heavy atom. The van der Waals surface area contributed by atoms with Crippen molar-refractivity contribution in [3.8, 4) is 6.07 Å². The van der Waals surface area contributed by atoms with Crippen molar-refractivity contribution in [2.75, 3.05) is 5.32 Å². The van der Waals surface area contributed by atoms with Crippen molar-refractivity contribution in [2.24, 2.45) is 9.39 Å². The molecule has 2 N–H and O–H groups in total. The van der Waals surface area contributed by atoms with Gasteiger partial charge in [0.05, 0.1) is 17.8 Å². The Hall–Kier alpha value is -3.24. The van der Waals surface area contributed by atoms with Crippen LogP contribution < -0.4 is 10.0 Å². The molecule has 1 heterocycles. The molecule has 0 amide bonds. The summed E-state index contributed by atoms with van der Waals surface area (Å²) in [6, 6.07) is 16.9. The molecule has 1 atom stereocenters. The number of aldehydes is 1. The topological polar surface area (TPSA) is 89.6 Å². The summed E-state index contributed by atoms with van der Waals surface area (Å²) in [5, 5.41) is 12.4. The first-order chi connectivity index (χ1) is 12.2. The molecule has 1 unspecified atom stereocenters. The Morgan fingerprint density at radius 2 is 2.08 bits per heavy atom. The number of benzene rings is 2. The first-order valence-electron chi connectivity index (χ1n) is 7.45. The number of aliphatic imine (C=N–C) groups is 1. The second-order valence-corrected chi connectivity index (χ2v) is 6.30. The fourth-order valence-electron chi connectivity index (χ4n) is 2.30. The summed E-state index contributed by atoms with van der Waals surface area (Å²) in [4.78, 5) is 15.6. The third-order valence-electron chi connectivity index (χ3n) is 3.49. The van der Waals surface area contributed by atoms with E-state index in [9.17, 15) is 10.1 Å². The summed E-state index contributed by atoms with van der Waals surface area (Å²) in [5.41, 5.74) is 2.19. The molecule has 2 aromatic rings. The van der Waals surface area contributed by atoms with E-state index in [0.717, 1.165) is 5.56 Å². The van der Waals surface area contributed by atoms with E-state index in [4.69, 9.17) is 0 Å². The van der Waals surface area contributed by atoms with E-state index in [2.05, 4.69) is 31.4 Å². The highest BCUT2D eigenvalue weighted by Crippen LogP contribution is 2.21. The van der Waals surface area contributed by atoms with Crippen molar-refractivity contribution in [3.63, 3.8) is 0 Å². The van der Waals surface area contributed by atoms with Gasteiger partial charge < -0.3 is 5.32 Å². The fraction of sp³-hybridized carbons (Fsp3) is 0.0556. The summed E-state index contributed by atoms with van der Waals surface area (Å²) in [7, 11) is -0.638. The van der Waals surface area contributed by atoms with Crippen molar-refractivity contribution >= 4 is 40.4 Å². The van der Waals surface area contributed by atoms with E-state index in [1.807, 2.05) is 30.3 Å². The van der Waals surface area contributed by atoms with E-state index in [-0.39, 0.29) is 5.56 Å². The number of hydrogen-bond acceptors (Lipinski definition) is 5. The smallest absolute Gasteiger partial charge is 0.183 e. The van der Waals surface area contributed by atoms with Crippen LogP contribution in [0.4, 0.5) is 5.69 Å². The van der Waals surface area contributed by atoms with Crippen molar-refractivity contribution in [2.45, 2.75) is 6.54 Å². The predicted octanol–water partition coefficient (Wildman–Crippen LogP) is 2.91. The first-order valence-corrected chi connectivity index (χ1v) is 8.80. The summed E-state index contributed by atoms with van der Waals surface area (Å²) >= 11 is 0. The van der Waals surface area contributed by atoms with Crippen LogP contribution in [-0.2, 0) is 6.54 Å². The van der Waals surface area contributed by atoms with E-state index in [1.165, 1.54) is 0 Å². The number of nitriles is 1. The largest absolute Gasteiger partial charge is 0.335 e. The molecular formula is C18H15N5OS. The standard InChI is InChI=1S/C18H15N5OS/c1-25-22-17(20-11-13-6-3-2-4-7-13)18(23-25)21-16-9-5-8-14(12-24)15(16)10-19/h2-9,12H,1,11H2,(H,20,22)(H,21,23). The molecule has 0 saturated carbocycles. The maximum absolute atomic E-state index is 11.1. The van der Waals surface area contributed by atoms with E-state index >= 15 is 0 Å². The van der Waals surface area contributed by atoms with Gasteiger partial charge in [-0.2, -0.15) is 9.66 Å².